The molecule has 2 atom stereocenters. The van der Waals surface area contributed by atoms with Crippen molar-refractivity contribution in [3.8, 4) is 0 Å². The van der Waals surface area contributed by atoms with Gasteiger partial charge in [-0.25, -0.2) is 0 Å². The third kappa shape index (κ3) is 4.55. The Hall–Kier alpha value is -1.20. The molecule has 0 saturated carbocycles. The number of carbonyl (C=O) groups is 1. The monoisotopic (exact) mass is 406 g/mol. The molecule has 0 spiro atoms. The predicted octanol–water partition coefficient (Wildman–Crippen LogP) is 4.78. The van der Waals surface area contributed by atoms with Crippen LogP contribution in [0.1, 0.15) is 40.5 Å². The quantitative estimate of drug-likeness (QED) is 0.510. The van der Waals surface area contributed by atoms with Crippen LogP contribution in [0.2, 0.25) is 0 Å². The molecule has 0 fully saturated rings. The molecule has 0 saturated heterocycles. The minimum absolute atomic E-state index is 0.294. The van der Waals surface area contributed by atoms with Crippen molar-refractivity contribution in [2.45, 2.75) is 70.8 Å². The van der Waals surface area contributed by atoms with Gasteiger partial charge in [0.2, 0.25) is 0 Å². The molecule has 0 amide bonds. The molecule has 2 unspecified atom stereocenters. The lowest BCUT2D eigenvalue weighted by Crippen LogP contribution is -2.66. The van der Waals surface area contributed by atoms with Crippen LogP contribution in [0.15, 0.2) is 0 Å². The molecule has 0 heterocycles. The average Bonchev–Trinajstić information content (AvgIpc) is 2.40. The third-order valence-electron chi connectivity index (χ3n) is 4.05. The fourth-order valence-electron chi connectivity index (χ4n) is 1.98. The molecule has 0 aromatic heterocycles. The van der Waals surface area contributed by atoms with Crippen molar-refractivity contribution < 1.29 is 54.2 Å². The van der Waals surface area contributed by atoms with E-state index in [1.165, 1.54) is 0 Å². The average molecular weight is 406 g/mol. The second-order valence-corrected chi connectivity index (χ2v) is 6.47. The van der Waals surface area contributed by atoms with Crippen molar-refractivity contribution in [2.24, 2.45) is 11.3 Å². The number of aliphatic hydroxyl groups is 1. The van der Waals surface area contributed by atoms with Crippen molar-refractivity contribution in [1.82, 2.24) is 0 Å². The fraction of sp³-hybridized carbons (Fsp3) is 0.929. The van der Waals surface area contributed by atoms with E-state index in [1.807, 2.05) is 0 Å². The van der Waals surface area contributed by atoms with Gasteiger partial charge in [0.05, 0.1) is 0 Å². The van der Waals surface area contributed by atoms with Crippen LogP contribution in [0.25, 0.3) is 0 Å². The maximum atomic E-state index is 13.0. The smallest absolute Gasteiger partial charge is 0.430 e. The van der Waals surface area contributed by atoms with Crippen LogP contribution in [0, 0.1) is 11.3 Å². The van der Waals surface area contributed by atoms with Crippen LogP contribution in [0.4, 0.5) is 39.5 Å². The molecule has 0 aliphatic heterocycles. The van der Waals surface area contributed by atoms with E-state index in [4.69, 9.17) is 0 Å². The zero-order valence-corrected chi connectivity index (χ0v) is 14.2. The molecule has 12 heteroatoms. The Labute approximate surface area is 143 Å². The first-order valence-electron chi connectivity index (χ1n) is 7.39. The van der Waals surface area contributed by atoms with Crippen LogP contribution in [-0.2, 0) is 9.53 Å². The Morgan fingerprint density at radius 1 is 0.923 bits per heavy atom. The molecule has 156 valence electrons. The van der Waals surface area contributed by atoms with Crippen LogP contribution in [0.3, 0.4) is 0 Å². The number of halogens is 9. The Bertz CT molecular complexity index is 479. The molecule has 0 aliphatic carbocycles. The van der Waals surface area contributed by atoms with E-state index < -0.39 is 60.4 Å². The van der Waals surface area contributed by atoms with E-state index in [0.717, 1.165) is 20.8 Å². The molecule has 1 N–H and O–H groups in total. The van der Waals surface area contributed by atoms with Gasteiger partial charge in [0.15, 0.2) is 5.41 Å². The number of hydrogen-bond donors (Lipinski definition) is 1. The summed E-state index contributed by atoms with van der Waals surface area (Å²) >= 11 is 0. The predicted molar refractivity (Wildman–Crippen MR) is 70.8 cm³/mol. The summed E-state index contributed by atoms with van der Waals surface area (Å²) in [5, 5.41) is 9.37. The van der Waals surface area contributed by atoms with E-state index in [9.17, 15) is 49.4 Å². The summed E-state index contributed by atoms with van der Waals surface area (Å²) < 4.78 is 121. The second kappa shape index (κ2) is 7.43. The minimum atomic E-state index is -6.34. The maximum absolute atomic E-state index is 13.0. The lowest BCUT2D eigenvalue weighted by molar-refractivity contribution is -0.393. The topological polar surface area (TPSA) is 46.5 Å². The van der Waals surface area contributed by atoms with Gasteiger partial charge in [0, 0.05) is 0 Å². The van der Waals surface area contributed by atoms with Gasteiger partial charge in [-0.2, -0.15) is 39.5 Å². The van der Waals surface area contributed by atoms with Gasteiger partial charge in [0.1, 0.15) is 6.10 Å². The molecule has 0 aromatic carbocycles. The molecule has 0 radical (unpaired) electrons. The van der Waals surface area contributed by atoms with Crippen molar-refractivity contribution >= 4 is 5.97 Å². The van der Waals surface area contributed by atoms with E-state index in [2.05, 4.69) is 4.74 Å². The zero-order chi connectivity index (χ0) is 21.4. The van der Waals surface area contributed by atoms with Gasteiger partial charge in [0.25, 0.3) is 5.60 Å². The Kier molecular flexibility index (Phi) is 7.09. The largest absolute Gasteiger partial charge is 0.458 e. The zero-order valence-electron chi connectivity index (χ0n) is 14.2. The Morgan fingerprint density at radius 2 is 1.31 bits per heavy atom. The summed E-state index contributed by atoms with van der Waals surface area (Å²) in [6, 6.07) is 0. The van der Waals surface area contributed by atoms with Crippen LogP contribution in [-0.4, -0.2) is 41.3 Å². The van der Waals surface area contributed by atoms with Gasteiger partial charge in [-0.3, -0.25) is 4.79 Å². The van der Waals surface area contributed by atoms with E-state index in [0.29, 0.717) is 6.92 Å². The Morgan fingerprint density at radius 3 is 1.54 bits per heavy atom. The highest BCUT2D eigenvalue weighted by Gasteiger charge is 2.75. The van der Waals surface area contributed by atoms with Crippen LogP contribution < -0.4 is 0 Å². The molecule has 0 bridgehead atoms. The van der Waals surface area contributed by atoms with Gasteiger partial charge < -0.3 is 9.84 Å². The molecule has 0 aromatic rings. The highest BCUT2D eigenvalue weighted by Crippen LogP contribution is 2.49. The van der Waals surface area contributed by atoms with Crippen molar-refractivity contribution in [2.75, 3.05) is 0 Å². The second-order valence-electron chi connectivity index (χ2n) is 6.47. The first kappa shape index (κ1) is 24.8. The fourth-order valence-corrected chi connectivity index (χ4v) is 1.98. The standard InChI is InChI=1S/C14H19F9O3/c1-5-10(4,12(15,16)17)9(24)26-8(6-7(2)3)11(25,13(18,19)20)14(21,22)23/h7-8,25H,5-6H2,1-4H3. The van der Waals surface area contributed by atoms with E-state index >= 15 is 0 Å². The van der Waals surface area contributed by atoms with Gasteiger partial charge in [-0.05, 0) is 25.7 Å². The van der Waals surface area contributed by atoms with Crippen LogP contribution in [0.5, 0.6) is 0 Å². The number of ether oxygens (including phenoxy) is 1. The number of carbonyl (C=O) groups excluding carboxylic acids is 1. The summed E-state index contributed by atoms with van der Waals surface area (Å²) in [5.74, 6) is -3.30. The summed E-state index contributed by atoms with van der Waals surface area (Å²) in [6.45, 7) is 3.46. The highest BCUT2D eigenvalue weighted by molar-refractivity contribution is 5.77. The SMILES string of the molecule is CCC(C)(C(=O)OC(CC(C)C)C(O)(C(F)(F)F)C(F)(F)F)C(F)(F)F. The van der Waals surface area contributed by atoms with Crippen molar-refractivity contribution in [3.05, 3.63) is 0 Å². The first-order valence-corrected chi connectivity index (χ1v) is 7.39. The number of hydrogen-bond acceptors (Lipinski definition) is 3. The van der Waals surface area contributed by atoms with Crippen molar-refractivity contribution in [1.29, 1.82) is 0 Å². The first-order chi connectivity index (χ1) is 11.3. The normalized spacial score (nSPS) is 17.8. The number of esters is 1. The number of rotatable bonds is 6. The van der Waals surface area contributed by atoms with Gasteiger partial charge >= 0.3 is 24.5 Å². The maximum Gasteiger partial charge on any atom is 0.430 e. The third-order valence-corrected chi connectivity index (χ3v) is 4.05. The van der Waals surface area contributed by atoms with Gasteiger partial charge in [-0.15, -0.1) is 0 Å². The Balaban J connectivity index is 6.18. The van der Waals surface area contributed by atoms with Crippen LogP contribution >= 0.6 is 0 Å². The van der Waals surface area contributed by atoms with E-state index in [-0.39, 0.29) is 0 Å². The molecule has 3 nitrogen and oxygen atoms in total. The summed E-state index contributed by atoms with van der Waals surface area (Å²) in [4.78, 5) is 11.8. The van der Waals surface area contributed by atoms with E-state index in [1.54, 1.807) is 0 Å². The minimum Gasteiger partial charge on any atom is -0.458 e. The summed E-state index contributed by atoms with van der Waals surface area (Å²) in [7, 11) is 0. The molecular formula is C14H19F9O3. The number of alkyl halides is 9. The van der Waals surface area contributed by atoms with Crippen molar-refractivity contribution in [3.63, 3.8) is 0 Å². The summed E-state index contributed by atoms with van der Waals surface area (Å²) in [6.07, 6.45) is -23.4. The molecule has 0 aliphatic rings. The lowest BCUT2D eigenvalue weighted by Gasteiger charge is -2.40. The molecule has 26 heavy (non-hydrogen) atoms. The molecular weight excluding hydrogens is 387 g/mol. The highest BCUT2D eigenvalue weighted by atomic mass is 19.4. The molecule has 0 rings (SSSR count). The van der Waals surface area contributed by atoms with Gasteiger partial charge in [-0.1, -0.05) is 20.8 Å². The lowest BCUT2D eigenvalue weighted by atomic mass is 9.85. The summed E-state index contributed by atoms with van der Waals surface area (Å²) in [5.41, 5.74) is -8.85.